The molecule has 4 aromatic rings. The van der Waals surface area contributed by atoms with E-state index in [1.165, 1.54) is 5.56 Å². The molecule has 4 rings (SSSR count). The largest absolute Gasteiger partial charge is 0.418 e. The van der Waals surface area contributed by atoms with Gasteiger partial charge in [0.15, 0.2) is 0 Å². The van der Waals surface area contributed by atoms with E-state index in [9.17, 15) is 0 Å². The van der Waals surface area contributed by atoms with E-state index in [1.807, 2.05) is 54.6 Å². The van der Waals surface area contributed by atoms with E-state index in [1.54, 1.807) is 0 Å². The first-order chi connectivity index (χ1) is 13.0. The van der Waals surface area contributed by atoms with Crippen LogP contribution in [-0.2, 0) is 25.5 Å². The SMILES string of the molecule is CC(C)(C)c1ccc(-c2nnc(-c3cc[c-]c(-c4[c-]cccc4)c3)o2)cc1.[Ir]. The molecule has 3 nitrogen and oxygen atoms in total. The van der Waals surface area contributed by atoms with Crippen LogP contribution in [0.25, 0.3) is 34.0 Å². The van der Waals surface area contributed by atoms with Crippen LogP contribution in [0.3, 0.4) is 0 Å². The maximum absolute atomic E-state index is 5.93. The Balaban J connectivity index is 0.00000225. The zero-order chi connectivity index (χ0) is 18.9. The summed E-state index contributed by atoms with van der Waals surface area (Å²) in [4.78, 5) is 0. The molecular formula is C24H20IrN2O-2. The molecule has 0 aliphatic heterocycles. The molecule has 0 atom stereocenters. The van der Waals surface area contributed by atoms with E-state index in [2.05, 4.69) is 55.2 Å². The number of aromatic nitrogens is 2. The van der Waals surface area contributed by atoms with Gasteiger partial charge in [0.25, 0.3) is 0 Å². The van der Waals surface area contributed by atoms with Crippen molar-refractivity contribution in [2.45, 2.75) is 26.2 Å². The molecule has 0 saturated carbocycles. The van der Waals surface area contributed by atoms with Crippen LogP contribution >= 0.6 is 0 Å². The van der Waals surface area contributed by atoms with Crippen LogP contribution in [0.4, 0.5) is 0 Å². The first-order valence-corrected chi connectivity index (χ1v) is 8.94. The van der Waals surface area contributed by atoms with Crippen molar-refractivity contribution in [2.24, 2.45) is 0 Å². The third-order valence-corrected chi connectivity index (χ3v) is 4.47. The summed E-state index contributed by atoms with van der Waals surface area (Å²) < 4.78 is 5.93. The average Bonchev–Trinajstić information content (AvgIpc) is 3.19. The van der Waals surface area contributed by atoms with Crippen LogP contribution in [0.15, 0.2) is 71.1 Å². The van der Waals surface area contributed by atoms with Gasteiger partial charge in [0, 0.05) is 25.7 Å². The van der Waals surface area contributed by atoms with Gasteiger partial charge < -0.3 is 4.42 Å². The molecule has 0 unspecified atom stereocenters. The first-order valence-electron chi connectivity index (χ1n) is 8.94. The standard InChI is InChI=1S/C24H20N2O.Ir/c1-24(2,3)21-14-12-18(13-15-21)22-25-26-23(27-22)20-11-7-10-19(16-20)17-8-5-4-6-9-17;/h4-8,11-16H,1-3H3;/q-2;. The van der Waals surface area contributed by atoms with Gasteiger partial charge in [-0.2, -0.15) is 42.5 Å². The Bertz CT molecular complexity index is 1050. The second kappa shape index (κ2) is 8.22. The van der Waals surface area contributed by atoms with Gasteiger partial charge in [0.05, 0.1) is 0 Å². The quantitative estimate of drug-likeness (QED) is 0.299. The Morgan fingerprint density at radius 2 is 1.43 bits per heavy atom. The smallest absolute Gasteiger partial charge is 0.248 e. The fourth-order valence-corrected chi connectivity index (χ4v) is 2.89. The summed E-state index contributed by atoms with van der Waals surface area (Å²) in [6.07, 6.45) is 0. The molecule has 143 valence electrons. The van der Waals surface area contributed by atoms with Crippen molar-refractivity contribution in [1.82, 2.24) is 10.2 Å². The van der Waals surface area contributed by atoms with Gasteiger partial charge in [0.1, 0.15) is 0 Å². The van der Waals surface area contributed by atoms with Crippen LogP contribution in [0.1, 0.15) is 26.3 Å². The maximum atomic E-state index is 5.93. The number of rotatable bonds is 3. The molecule has 1 heterocycles. The molecule has 0 fully saturated rings. The van der Waals surface area contributed by atoms with Crippen molar-refractivity contribution in [3.05, 3.63) is 84.4 Å². The molecule has 0 aliphatic rings. The summed E-state index contributed by atoms with van der Waals surface area (Å²) in [7, 11) is 0. The molecule has 3 aromatic carbocycles. The summed E-state index contributed by atoms with van der Waals surface area (Å²) in [5.74, 6) is 1.02. The fourth-order valence-electron chi connectivity index (χ4n) is 2.89. The molecule has 28 heavy (non-hydrogen) atoms. The first kappa shape index (κ1) is 20.2. The summed E-state index contributed by atoms with van der Waals surface area (Å²) in [6.45, 7) is 6.59. The van der Waals surface area contributed by atoms with Gasteiger partial charge in [-0.3, -0.25) is 0 Å². The van der Waals surface area contributed by atoms with Gasteiger partial charge >= 0.3 is 0 Å². The zero-order valence-corrected chi connectivity index (χ0v) is 18.4. The Kier molecular flexibility index (Phi) is 5.93. The number of nitrogens with zero attached hydrogens (tertiary/aromatic N) is 2. The van der Waals surface area contributed by atoms with Crippen LogP contribution in [0.2, 0.25) is 0 Å². The maximum Gasteiger partial charge on any atom is 0.248 e. The second-order valence-corrected chi connectivity index (χ2v) is 7.51. The van der Waals surface area contributed by atoms with Gasteiger partial charge in [-0.1, -0.05) is 38.5 Å². The molecule has 0 aliphatic carbocycles. The van der Waals surface area contributed by atoms with Crippen molar-refractivity contribution in [3.8, 4) is 34.0 Å². The molecule has 0 amide bonds. The molecular weight excluding hydrogens is 524 g/mol. The third-order valence-electron chi connectivity index (χ3n) is 4.47. The van der Waals surface area contributed by atoms with Crippen LogP contribution in [0.5, 0.6) is 0 Å². The van der Waals surface area contributed by atoms with Crippen molar-refractivity contribution in [1.29, 1.82) is 0 Å². The normalized spacial score (nSPS) is 11.1. The van der Waals surface area contributed by atoms with E-state index in [0.29, 0.717) is 11.8 Å². The molecule has 1 radical (unpaired) electrons. The second-order valence-electron chi connectivity index (χ2n) is 7.51. The van der Waals surface area contributed by atoms with Crippen molar-refractivity contribution in [2.75, 3.05) is 0 Å². The summed E-state index contributed by atoms with van der Waals surface area (Å²) in [5.41, 5.74) is 5.10. The number of benzene rings is 3. The van der Waals surface area contributed by atoms with Gasteiger partial charge in [-0.25, -0.2) is 11.1 Å². The molecule has 4 heteroatoms. The zero-order valence-electron chi connectivity index (χ0n) is 16.0. The molecule has 1 aromatic heterocycles. The van der Waals surface area contributed by atoms with E-state index < -0.39 is 0 Å². The topological polar surface area (TPSA) is 38.9 Å². The third kappa shape index (κ3) is 4.30. The van der Waals surface area contributed by atoms with Crippen molar-refractivity contribution < 1.29 is 24.5 Å². The fraction of sp³-hybridized carbons (Fsp3) is 0.167. The molecule has 0 saturated heterocycles. The number of hydrogen-bond donors (Lipinski definition) is 0. The summed E-state index contributed by atoms with van der Waals surface area (Å²) in [5, 5.41) is 8.45. The monoisotopic (exact) mass is 545 g/mol. The molecule has 0 spiro atoms. The van der Waals surface area contributed by atoms with Gasteiger partial charge in [0.2, 0.25) is 11.8 Å². The van der Waals surface area contributed by atoms with E-state index in [4.69, 9.17) is 4.42 Å². The van der Waals surface area contributed by atoms with Crippen molar-refractivity contribution >= 4 is 0 Å². The summed E-state index contributed by atoms with van der Waals surface area (Å²) >= 11 is 0. The minimum Gasteiger partial charge on any atom is -0.418 e. The summed E-state index contributed by atoms with van der Waals surface area (Å²) in [6, 6.07) is 28.3. The number of hydrogen-bond acceptors (Lipinski definition) is 3. The Labute approximate surface area is 179 Å². The molecule has 0 bridgehead atoms. The van der Waals surface area contributed by atoms with E-state index in [0.717, 1.165) is 22.3 Å². The van der Waals surface area contributed by atoms with Gasteiger partial charge in [-0.15, -0.1) is 22.3 Å². The van der Waals surface area contributed by atoms with E-state index in [-0.39, 0.29) is 25.5 Å². The minimum atomic E-state index is 0. The predicted molar refractivity (Wildman–Crippen MR) is 107 cm³/mol. The Hall–Kier alpha value is -2.55. The average molecular weight is 545 g/mol. The predicted octanol–water partition coefficient (Wildman–Crippen LogP) is 5.97. The van der Waals surface area contributed by atoms with Crippen molar-refractivity contribution in [3.63, 3.8) is 0 Å². The van der Waals surface area contributed by atoms with Crippen LogP contribution in [0, 0.1) is 12.1 Å². The molecule has 0 N–H and O–H groups in total. The Morgan fingerprint density at radius 1 is 0.750 bits per heavy atom. The van der Waals surface area contributed by atoms with E-state index >= 15 is 0 Å². The Morgan fingerprint density at radius 3 is 2.07 bits per heavy atom. The van der Waals surface area contributed by atoms with Crippen LogP contribution in [-0.4, -0.2) is 10.2 Å². The van der Waals surface area contributed by atoms with Crippen LogP contribution < -0.4 is 0 Å². The van der Waals surface area contributed by atoms with Gasteiger partial charge in [-0.05, 0) is 23.1 Å². The minimum absolute atomic E-state index is 0.